The molecule has 2 rings (SSSR count). The van der Waals surface area contributed by atoms with E-state index in [0.717, 1.165) is 29.9 Å². The standard InChI is InChI=1S/C15H20N4O/c1-4-18(5-2)11(3)15-17-13-10-12(20)6-7-14(13)19(15)9-8-16/h6-7,10-11,20H,4-5,9H2,1-3H3. The van der Waals surface area contributed by atoms with Gasteiger partial charge in [-0.25, -0.2) is 4.98 Å². The van der Waals surface area contributed by atoms with E-state index < -0.39 is 0 Å². The minimum Gasteiger partial charge on any atom is -0.508 e. The topological polar surface area (TPSA) is 65.1 Å². The zero-order valence-electron chi connectivity index (χ0n) is 12.2. The summed E-state index contributed by atoms with van der Waals surface area (Å²) < 4.78 is 1.93. The molecule has 20 heavy (non-hydrogen) atoms. The minimum atomic E-state index is 0.132. The molecule has 0 aliphatic heterocycles. The van der Waals surface area contributed by atoms with E-state index in [-0.39, 0.29) is 18.3 Å². The van der Waals surface area contributed by atoms with Crippen LogP contribution in [0.3, 0.4) is 0 Å². The lowest BCUT2D eigenvalue weighted by atomic mass is 10.2. The van der Waals surface area contributed by atoms with E-state index in [1.165, 1.54) is 0 Å². The molecule has 106 valence electrons. The fourth-order valence-electron chi connectivity index (χ4n) is 2.63. The lowest BCUT2D eigenvalue weighted by molar-refractivity contribution is 0.222. The molecule has 0 radical (unpaired) electrons. The van der Waals surface area contributed by atoms with Crippen LogP contribution in [0, 0.1) is 11.3 Å². The monoisotopic (exact) mass is 272 g/mol. The third kappa shape index (κ3) is 2.47. The van der Waals surface area contributed by atoms with Crippen LogP contribution in [0.4, 0.5) is 0 Å². The molecule has 0 amide bonds. The minimum absolute atomic E-state index is 0.132. The molecule has 5 nitrogen and oxygen atoms in total. The van der Waals surface area contributed by atoms with Gasteiger partial charge in [-0.05, 0) is 32.1 Å². The van der Waals surface area contributed by atoms with Gasteiger partial charge in [0.1, 0.15) is 18.1 Å². The van der Waals surface area contributed by atoms with Gasteiger partial charge in [0.15, 0.2) is 0 Å². The molecule has 0 saturated carbocycles. The molecule has 0 spiro atoms. The van der Waals surface area contributed by atoms with E-state index in [1.54, 1.807) is 12.1 Å². The van der Waals surface area contributed by atoms with Crippen LogP contribution in [0.1, 0.15) is 32.6 Å². The summed E-state index contributed by atoms with van der Waals surface area (Å²) in [6.07, 6.45) is 0. The van der Waals surface area contributed by atoms with Crippen molar-refractivity contribution < 1.29 is 5.11 Å². The Balaban J connectivity index is 2.56. The van der Waals surface area contributed by atoms with E-state index in [1.807, 2.05) is 10.6 Å². The highest BCUT2D eigenvalue weighted by atomic mass is 16.3. The maximum atomic E-state index is 9.58. The molecular formula is C15H20N4O. The van der Waals surface area contributed by atoms with Gasteiger partial charge in [0.05, 0.1) is 23.1 Å². The average molecular weight is 272 g/mol. The molecule has 1 aromatic carbocycles. The van der Waals surface area contributed by atoms with Crippen LogP contribution in [-0.4, -0.2) is 32.6 Å². The summed E-state index contributed by atoms with van der Waals surface area (Å²) in [6, 6.07) is 7.40. The second-order valence-electron chi connectivity index (χ2n) is 4.78. The summed E-state index contributed by atoms with van der Waals surface area (Å²) in [5, 5.41) is 18.6. The summed E-state index contributed by atoms with van der Waals surface area (Å²) in [7, 11) is 0. The maximum Gasteiger partial charge on any atom is 0.127 e. The maximum absolute atomic E-state index is 9.58. The number of phenols is 1. The Morgan fingerprint density at radius 2 is 2.10 bits per heavy atom. The number of hydrogen-bond acceptors (Lipinski definition) is 4. The third-order valence-corrected chi connectivity index (χ3v) is 3.72. The van der Waals surface area contributed by atoms with Gasteiger partial charge < -0.3 is 9.67 Å². The number of imidazole rings is 1. The molecule has 5 heteroatoms. The normalized spacial score (nSPS) is 12.8. The van der Waals surface area contributed by atoms with Crippen molar-refractivity contribution in [3.05, 3.63) is 24.0 Å². The number of aromatic hydroxyl groups is 1. The van der Waals surface area contributed by atoms with Crippen molar-refractivity contribution in [3.8, 4) is 11.8 Å². The Bertz CT molecular complexity index is 637. The molecular weight excluding hydrogens is 252 g/mol. The lowest BCUT2D eigenvalue weighted by Crippen LogP contribution is -2.28. The highest BCUT2D eigenvalue weighted by Crippen LogP contribution is 2.26. The highest BCUT2D eigenvalue weighted by Gasteiger charge is 2.20. The van der Waals surface area contributed by atoms with Crippen molar-refractivity contribution in [2.75, 3.05) is 13.1 Å². The van der Waals surface area contributed by atoms with Gasteiger partial charge in [0, 0.05) is 6.07 Å². The van der Waals surface area contributed by atoms with Crippen molar-refractivity contribution in [1.29, 1.82) is 5.26 Å². The van der Waals surface area contributed by atoms with E-state index in [0.29, 0.717) is 0 Å². The Morgan fingerprint density at radius 3 is 2.70 bits per heavy atom. The number of fused-ring (bicyclic) bond motifs is 1. The number of phenolic OH excluding ortho intramolecular Hbond substituents is 1. The van der Waals surface area contributed by atoms with Crippen molar-refractivity contribution in [3.63, 3.8) is 0 Å². The van der Waals surface area contributed by atoms with E-state index in [4.69, 9.17) is 5.26 Å². The average Bonchev–Trinajstić information content (AvgIpc) is 2.78. The fourth-order valence-corrected chi connectivity index (χ4v) is 2.63. The summed E-state index contributed by atoms with van der Waals surface area (Å²) in [5.41, 5.74) is 1.62. The van der Waals surface area contributed by atoms with Crippen LogP contribution in [0.25, 0.3) is 11.0 Å². The van der Waals surface area contributed by atoms with Crippen LogP contribution in [-0.2, 0) is 6.54 Å². The molecule has 1 atom stereocenters. The van der Waals surface area contributed by atoms with Crippen LogP contribution in [0.5, 0.6) is 5.75 Å². The molecule has 2 aromatic rings. The van der Waals surface area contributed by atoms with E-state index in [2.05, 4.69) is 36.7 Å². The number of rotatable bonds is 5. The van der Waals surface area contributed by atoms with Crippen LogP contribution >= 0.6 is 0 Å². The van der Waals surface area contributed by atoms with Gasteiger partial charge in [-0.2, -0.15) is 5.26 Å². The Morgan fingerprint density at radius 1 is 1.40 bits per heavy atom. The van der Waals surface area contributed by atoms with Crippen LogP contribution in [0.15, 0.2) is 18.2 Å². The number of aromatic nitrogens is 2. The van der Waals surface area contributed by atoms with Gasteiger partial charge in [-0.3, -0.25) is 4.90 Å². The number of benzene rings is 1. The molecule has 0 aliphatic carbocycles. The quantitative estimate of drug-likeness (QED) is 0.908. The van der Waals surface area contributed by atoms with Crippen LogP contribution < -0.4 is 0 Å². The summed E-state index contributed by atoms with van der Waals surface area (Å²) in [6.45, 7) is 8.45. The Hall–Kier alpha value is -2.06. The zero-order chi connectivity index (χ0) is 14.7. The molecule has 0 fully saturated rings. The molecule has 1 heterocycles. The van der Waals surface area contributed by atoms with Gasteiger partial charge in [-0.1, -0.05) is 13.8 Å². The molecule has 0 bridgehead atoms. The summed E-state index contributed by atoms with van der Waals surface area (Å²) in [4.78, 5) is 6.91. The van der Waals surface area contributed by atoms with Crippen LogP contribution in [0.2, 0.25) is 0 Å². The first-order chi connectivity index (χ1) is 9.62. The second-order valence-corrected chi connectivity index (χ2v) is 4.78. The van der Waals surface area contributed by atoms with Gasteiger partial charge in [-0.15, -0.1) is 0 Å². The van der Waals surface area contributed by atoms with Crippen molar-refractivity contribution in [1.82, 2.24) is 14.5 Å². The van der Waals surface area contributed by atoms with Gasteiger partial charge in [0.25, 0.3) is 0 Å². The Labute approximate surface area is 119 Å². The predicted octanol–water partition coefficient (Wildman–Crippen LogP) is 2.67. The number of hydrogen-bond donors (Lipinski definition) is 1. The van der Waals surface area contributed by atoms with Gasteiger partial charge >= 0.3 is 0 Å². The first-order valence-electron chi connectivity index (χ1n) is 6.92. The third-order valence-electron chi connectivity index (χ3n) is 3.72. The molecule has 0 aliphatic rings. The smallest absolute Gasteiger partial charge is 0.127 e. The predicted molar refractivity (Wildman–Crippen MR) is 78.3 cm³/mol. The van der Waals surface area contributed by atoms with E-state index in [9.17, 15) is 5.11 Å². The largest absolute Gasteiger partial charge is 0.508 e. The number of nitrogens with zero attached hydrogens (tertiary/aromatic N) is 4. The van der Waals surface area contributed by atoms with E-state index >= 15 is 0 Å². The SMILES string of the molecule is CCN(CC)C(C)c1nc2cc(O)ccc2n1CC#N. The first-order valence-corrected chi connectivity index (χ1v) is 6.92. The molecule has 1 unspecified atom stereocenters. The Kier molecular flexibility index (Phi) is 4.26. The summed E-state index contributed by atoms with van der Waals surface area (Å²) >= 11 is 0. The number of nitriles is 1. The van der Waals surface area contributed by atoms with Crippen molar-refractivity contribution >= 4 is 11.0 Å². The lowest BCUT2D eigenvalue weighted by Gasteiger charge is -2.26. The second kappa shape index (κ2) is 5.93. The summed E-state index contributed by atoms with van der Waals surface area (Å²) in [5.74, 6) is 1.07. The zero-order valence-corrected chi connectivity index (χ0v) is 12.2. The van der Waals surface area contributed by atoms with Gasteiger partial charge in [0.2, 0.25) is 0 Å². The van der Waals surface area contributed by atoms with Crippen molar-refractivity contribution in [2.45, 2.75) is 33.4 Å². The molecule has 0 saturated heterocycles. The van der Waals surface area contributed by atoms with Crippen molar-refractivity contribution in [2.24, 2.45) is 0 Å². The highest BCUT2D eigenvalue weighted by molar-refractivity contribution is 5.78. The first kappa shape index (κ1) is 14.4. The molecule has 1 N–H and O–H groups in total. The molecule has 1 aromatic heterocycles. The fraction of sp³-hybridized carbons (Fsp3) is 0.467.